The van der Waals surface area contributed by atoms with Gasteiger partial charge in [-0.25, -0.2) is 8.42 Å². The molecule has 0 heterocycles. The fourth-order valence-corrected chi connectivity index (χ4v) is 4.30. The van der Waals surface area contributed by atoms with Gasteiger partial charge in [-0.2, -0.15) is 0 Å². The van der Waals surface area contributed by atoms with Crippen LogP contribution < -0.4 is 9.62 Å². The first kappa shape index (κ1) is 22.4. The van der Waals surface area contributed by atoms with E-state index >= 15 is 0 Å². The molecule has 0 aliphatic heterocycles. The highest BCUT2D eigenvalue weighted by molar-refractivity contribution is 7.92. The van der Waals surface area contributed by atoms with Crippen LogP contribution in [0.1, 0.15) is 15.9 Å². The fraction of sp³-hybridized carbons (Fsp3) is 0.0952. The topological polar surface area (TPSA) is 66.5 Å². The van der Waals surface area contributed by atoms with Crippen LogP contribution in [0.15, 0.2) is 66.7 Å². The highest BCUT2D eigenvalue weighted by atomic mass is 35.5. The molecule has 3 rings (SSSR count). The molecule has 0 aliphatic rings. The number of nitrogens with zero attached hydrogens (tertiary/aromatic N) is 1. The maximum Gasteiger partial charge on any atom is 0.255 e. The van der Waals surface area contributed by atoms with Crippen molar-refractivity contribution in [3.63, 3.8) is 0 Å². The van der Waals surface area contributed by atoms with E-state index in [0.29, 0.717) is 32.0 Å². The summed E-state index contributed by atoms with van der Waals surface area (Å²) in [7, 11) is -3.55. The zero-order valence-electron chi connectivity index (χ0n) is 15.8. The highest BCUT2D eigenvalue weighted by Crippen LogP contribution is 2.25. The molecule has 0 aromatic heterocycles. The van der Waals surface area contributed by atoms with Crippen molar-refractivity contribution in [3.8, 4) is 0 Å². The molecule has 0 saturated heterocycles. The van der Waals surface area contributed by atoms with E-state index in [1.807, 2.05) is 0 Å². The number of hydrogen-bond donors (Lipinski definition) is 1. The maximum atomic E-state index is 12.5. The zero-order valence-corrected chi connectivity index (χ0v) is 18.9. The Kier molecular flexibility index (Phi) is 6.93. The fourth-order valence-electron chi connectivity index (χ4n) is 2.76. The molecular formula is C21H17Cl3N2O3S. The van der Waals surface area contributed by atoms with Crippen LogP contribution in [0.5, 0.6) is 0 Å². The quantitative estimate of drug-likeness (QED) is 0.477. The van der Waals surface area contributed by atoms with E-state index in [9.17, 15) is 13.2 Å². The van der Waals surface area contributed by atoms with E-state index in [0.717, 1.165) is 11.8 Å². The van der Waals surface area contributed by atoms with Gasteiger partial charge in [0.25, 0.3) is 5.91 Å². The lowest BCUT2D eigenvalue weighted by Crippen LogP contribution is -2.29. The summed E-state index contributed by atoms with van der Waals surface area (Å²) in [5.74, 6) is -0.372. The molecule has 5 nitrogen and oxygen atoms in total. The van der Waals surface area contributed by atoms with Crippen molar-refractivity contribution in [3.05, 3.63) is 92.9 Å². The van der Waals surface area contributed by atoms with E-state index in [-0.39, 0.29) is 12.5 Å². The lowest BCUT2D eigenvalue weighted by Gasteiger charge is -2.23. The summed E-state index contributed by atoms with van der Waals surface area (Å²) >= 11 is 17.8. The third-order valence-corrected chi connectivity index (χ3v) is 6.01. The summed E-state index contributed by atoms with van der Waals surface area (Å²) in [6.07, 6.45) is 1.13. The molecule has 156 valence electrons. The van der Waals surface area contributed by atoms with Gasteiger partial charge in [-0.05, 0) is 60.2 Å². The molecule has 1 N–H and O–H groups in total. The summed E-state index contributed by atoms with van der Waals surface area (Å²) in [5.41, 5.74) is 2.04. The lowest BCUT2D eigenvalue weighted by atomic mass is 10.1. The van der Waals surface area contributed by atoms with Crippen LogP contribution in [0.4, 0.5) is 11.4 Å². The van der Waals surface area contributed by atoms with Gasteiger partial charge in [0, 0.05) is 26.3 Å². The number of hydrogen-bond acceptors (Lipinski definition) is 3. The molecule has 0 saturated carbocycles. The van der Waals surface area contributed by atoms with Gasteiger partial charge in [0.15, 0.2) is 0 Å². The van der Waals surface area contributed by atoms with Crippen LogP contribution in [0, 0.1) is 0 Å². The van der Waals surface area contributed by atoms with Gasteiger partial charge in [-0.3, -0.25) is 9.10 Å². The third-order valence-electron chi connectivity index (χ3n) is 4.18. The van der Waals surface area contributed by atoms with Crippen molar-refractivity contribution in [2.75, 3.05) is 15.9 Å². The summed E-state index contributed by atoms with van der Waals surface area (Å²) in [4.78, 5) is 12.5. The van der Waals surface area contributed by atoms with Crippen molar-refractivity contribution < 1.29 is 13.2 Å². The van der Waals surface area contributed by atoms with E-state index < -0.39 is 10.0 Å². The number of carbonyl (C=O) groups is 1. The molecule has 1 amide bonds. The maximum absolute atomic E-state index is 12.5. The number of benzene rings is 3. The van der Waals surface area contributed by atoms with Gasteiger partial charge >= 0.3 is 0 Å². The van der Waals surface area contributed by atoms with Crippen LogP contribution in [-0.4, -0.2) is 20.6 Å². The van der Waals surface area contributed by atoms with Crippen molar-refractivity contribution >= 4 is 62.1 Å². The summed E-state index contributed by atoms with van der Waals surface area (Å²) in [6.45, 7) is 0.141. The minimum atomic E-state index is -3.55. The van der Waals surface area contributed by atoms with E-state index in [1.54, 1.807) is 66.7 Å². The van der Waals surface area contributed by atoms with Gasteiger partial charge in [0.1, 0.15) is 0 Å². The van der Waals surface area contributed by atoms with Gasteiger partial charge in [0.2, 0.25) is 10.0 Å². The predicted molar refractivity (Wildman–Crippen MR) is 123 cm³/mol. The van der Waals surface area contributed by atoms with Gasteiger partial charge < -0.3 is 5.32 Å². The second-order valence-electron chi connectivity index (χ2n) is 6.56. The molecule has 0 bridgehead atoms. The smallest absolute Gasteiger partial charge is 0.255 e. The summed E-state index contributed by atoms with van der Waals surface area (Å²) in [5, 5.41) is 4.09. The first-order valence-electron chi connectivity index (χ1n) is 8.71. The molecule has 0 radical (unpaired) electrons. The second kappa shape index (κ2) is 9.27. The minimum Gasteiger partial charge on any atom is -0.322 e. The molecule has 0 spiro atoms. The molecule has 0 aliphatic carbocycles. The average molecular weight is 484 g/mol. The number of sulfonamides is 1. The molecule has 9 heteroatoms. The molecule has 3 aromatic rings. The summed E-state index contributed by atoms with van der Waals surface area (Å²) < 4.78 is 25.9. The Balaban J connectivity index is 1.80. The largest absolute Gasteiger partial charge is 0.322 e. The Hall–Kier alpha value is -2.25. The first-order valence-corrected chi connectivity index (χ1v) is 11.7. The number of carbonyl (C=O) groups excluding carboxylic acids is 1. The van der Waals surface area contributed by atoms with Crippen molar-refractivity contribution in [2.45, 2.75) is 6.54 Å². The van der Waals surface area contributed by atoms with Crippen LogP contribution in [0.25, 0.3) is 0 Å². The van der Waals surface area contributed by atoms with Gasteiger partial charge in [-0.1, -0.05) is 46.9 Å². The SMILES string of the molecule is CS(=O)(=O)N(Cc1ccc(Cl)cc1)c1ccc(C(=O)Nc2cc(Cl)cc(Cl)c2)cc1. The van der Waals surface area contributed by atoms with Gasteiger partial charge in [-0.15, -0.1) is 0 Å². The number of rotatable bonds is 6. The van der Waals surface area contributed by atoms with E-state index in [4.69, 9.17) is 34.8 Å². The normalized spacial score (nSPS) is 11.2. The number of nitrogens with one attached hydrogen (secondary N) is 1. The van der Waals surface area contributed by atoms with Crippen LogP contribution >= 0.6 is 34.8 Å². The Morgan fingerprint density at radius 2 is 1.43 bits per heavy atom. The average Bonchev–Trinajstić information content (AvgIpc) is 2.66. The molecular weight excluding hydrogens is 467 g/mol. The van der Waals surface area contributed by atoms with E-state index in [1.165, 1.54) is 4.31 Å². The summed E-state index contributed by atoms with van der Waals surface area (Å²) in [6, 6.07) is 17.9. The Labute approximate surface area is 190 Å². The van der Waals surface area contributed by atoms with Crippen LogP contribution in [0.2, 0.25) is 15.1 Å². The number of amides is 1. The molecule has 3 aromatic carbocycles. The van der Waals surface area contributed by atoms with Crippen molar-refractivity contribution in [2.24, 2.45) is 0 Å². The Morgan fingerprint density at radius 3 is 1.97 bits per heavy atom. The van der Waals surface area contributed by atoms with Crippen molar-refractivity contribution in [1.82, 2.24) is 0 Å². The first-order chi connectivity index (χ1) is 14.1. The number of anilines is 2. The minimum absolute atomic E-state index is 0.141. The van der Waals surface area contributed by atoms with E-state index in [2.05, 4.69) is 5.32 Å². The van der Waals surface area contributed by atoms with Crippen LogP contribution in [0.3, 0.4) is 0 Å². The molecule has 30 heavy (non-hydrogen) atoms. The zero-order chi connectivity index (χ0) is 21.9. The van der Waals surface area contributed by atoms with Gasteiger partial charge in [0.05, 0.1) is 18.5 Å². The third kappa shape index (κ3) is 5.89. The number of halogens is 3. The van der Waals surface area contributed by atoms with Crippen molar-refractivity contribution in [1.29, 1.82) is 0 Å². The molecule has 0 atom stereocenters. The Bertz CT molecular complexity index is 1140. The second-order valence-corrected chi connectivity index (χ2v) is 9.77. The lowest BCUT2D eigenvalue weighted by molar-refractivity contribution is 0.102. The Morgan fingerprint density at radius 1 is 0.867 bits per heavy atom. The molecule has 0 fully saturated rings. The molecule has 0 unspecified atom stereocenters. The van der Waals surface area contributed by atoms with Crippen LogP contribution in [-0.2, 0) is 16.6 Å². The standard InChI is InChI=1S/C21H17Cl3N2O3S/c1-30(28,29)26(13-14-2-6-16(22)7-3-14)20-8-4-15(5-9-20)21(27)25-19-11-17(23)10-18(24)12-19/h2-12H,13H2,1H3,(H,25,27). The highest BCUT2D eigenvalue weighted by Gasteiger charge is 2.18. The predicted octanol–water partition coefficient (Wildman–Crippen LogP) is 5.87. The monoisotopic (exact) mass is 482 g/mol.